The van der Waals surface area contributed by atoms with Gasteiger partial charge in [0.1, 0.15) is 11.6 Å². The lowest BCUT2D eigenvalue weighted by Gasteiger charge is -2.36. The van der Waals surface area contributed by atoms with Crippen molar-refractivity contribution in [3.63, 3.8) is 0 Å². The molecule has 0 bridgehead atoms. The number of hydrogen-bond donors (Lipinski definition) is 1. The SMILES string of the molecule is CCOc1ccccc1CN1CCNC(=O)C1CC(=O)N(Cc1nccn1C)C(C)C. The highest BCUT2D eigenvalue weighted by Crippen LogP contribution is 2.23. The van der Waals surface area contributed by atoms with Crippen LogP contribution in [0.3, 0.4) is 0 Å². The average molecular weight is 428 g/mol. The maximum atomic E-state index is 13.3. The Morgan fingerprint density at radius 2 is 2.13 bits per heavy atom. The van der Waals surface area contributed by atoms with Crippen molar-refractivity contribution in [2.45, 2.75) is 52.4 Å². The summed E-state index contributed by atoms with van der Waals surface area (Å²) in [6.07, 6.45) is 3.72. The lowest BCUT2D eigenvalue weighted by molar-refractivity contribution is -0.140. The number of aryl methyl sites for hydroxylation is 1. The number of carbonyl (C=O) groups is 2. The molecule has 1 aliphatic heterocycles. The van der Waals surface area contributed by atoms with Gasteiger partial charge in [-0.05, 0) is 26.8 Å². The summed E-state index contributed by atoms with van der Waals surface area (Å²) in [5, 5.41) is 2.92. The summed E-state index contributed by atoms with van der Waals surface area (Å²) >= 11 is 0. The molecule has 0 spiro atoms. The Morgan fingerprint density at radius 3 is 2.81 bits per heavy atom. The molecule has 8 nitrogen and oxygen atoms in total. The maximum Gasteiger partial charge on any atom is 0.237 e. The third-order valence-electron chi connectivity index (χ3n) is 5.63. The van der Waals surface area contributed by atoms with Gasteiger partial charge < -0.3 is 19.5 Å². The van der Waals surface area contributed by atoms with E-state index in [-0.39, 0.29) is 24.3 Å². The van der Waals surface area contributed by atoms with Gasteiger partial charge in [-0.2, -0.15) is 0 Å². The topological polar surface area (TPSA) is 79.7 Å². The number of amides is 2. The van der Waals surface area contributed by atoms with E-state index in [9.17, 15) is 9.59 Å². The molecular formula is C23H33N5O3. The van der Waals surface area contributed by atoms with Gasteiger partial charge in [0.2, 0.25) is 11.8 Å². The van der Waals surface area contributed by atoms with Crippen LogP contribution < -0.4 is 10.1 Å². The van der Waals surface area contributed by atoms with Gasteiger partial charge in [0.15, 0.2) is 0 Å². The van der Waals surface area contributed by atoms with Crippen LogP contribution in [0.4, 0.5) is 0 Å². The van der Waals surface area contributed by atoms with Crippen LogP contribution in [-0.4, -0.2) is 62.9 Å². The molecule has 0 aliphatic carbocycles. The third-order valence-corrected chi connectivity index (χ3v) is 5.63. The van der Waals surface area contributed by atoms with Crippen LogP contribution in [0, 0.1) is 0 Å². The van der Waals surface area contributed by atoms with Crippen molar-refractivity contribution in [1.29, 1.82) is 0 Å². The first-order valence-electron chi connectivity index (χ1n) is 10.9. The number of para-hydroxylation sites is 1. The molecule has 8 heteroatoms. The molecule has 0 saturated carbocycles. The molecule has 1 saturated heterocycles. The van der Waals surface area contributed by atoms with Crippen LogP contribution in [0.2, 0.25) is 0 Å². The first kappa shape index (κ1) is 22.8. The van der Waals surface area contributed by atoms with Crippen LogP contribution in [0.15, 0.2) is 36.7 Å². The predicted octanol–water partition coefficient (Wildman–Crippen LogP) is 1.95. The van der Waals surface area contributed by atoms with E-state index < -0.39 is 6.04 Å². The zero-order valence-electron chi connectivity index (χ0n) is 18.9. The van der Waals surface area contributed by atoms with E-state index in [4.69, 9.17) is 4.74 Å². The van der Waals surface area contributed by atoms with Crippen molar-refractivity contribution in [3.05, 3.63) is 48.0 Å². The fourth-order valence-corrected chi connectivity index (χ4v) is 3.87. The number of imidazole rings is 1. The van der Waals surface area contributed by atoms with Gasteiger partial charge in [0.25, 0.3) is 0 Å². The molecule has 2 amide bonds. The first-order valence-corrected chi connectivity index (χ1v) is 10.9. The smallest absolute Gasteiger partial charge is 0.237 e. The highest BCUT2D eigenvalue weighted by molar-refractivity contribution is 5.89. The molecule has 3 rings (SSSR count). The quantitative estimate of drug-likeness (QED) is 0.662. The Kier molecular flexibility index (Phi) is 7.68. The van der Waals surface area contributed by atoms with Crippen LogP contribution >= 0.6 is 0 Å². The van der Waals surface area contributed by atoms with E-state index in [1.165, 1.54) is 0 Å². The second-order valence-electron chi connectivity index (χ2n) is 8.09. The number of ether oxygens (including phenoxy) is 1. The van der Waals surface area contributed by atoms with Crippen LogP contribution in [-0.2, 0) is 29.7 Å². The molecular weight excluding hydrogens is 394 g/mol. The zero-order valence-corrected chi connectivity index (χ0v) is 18.9. The molecule has 1 N–H and O–H groups in total. The summed E-state index contributed by atoms with van der Waals surface area (Å²) in [6.45, 7) is 8.73. The van der Waals surface area contributed by atoms with Gasteiger partial charge in [-0.1, -0.05) is 18.2 Å². The fourth-order valence-electron chi connectivity index (χ4n) is 3.87. The Morgan fingerprint density at radius 1 is 1.35 bits per heavy atom. The first-order chi connectivity index (χ1) is 14.9. The predicted molar refractivity (Wildman–Crippen MR) is 118 cm³/mol. The number of aromatic nitrogens is 2. The molecule has 1 aliphatic rings. The number of rotatable bonds is 9. The highest BCUT2D eigenvalue weighted by atomic mass is 16.5. The van der Waals surface area contributed by atoms with E-state index in [0.29, 0.717) is 32.8 Å². The van der Waals surface area contributed by atoms with Crippen molar-refractivity contribution in [2.24, 2.45) is 7.05 Å². The van der Waals surface area contributed by atoms with E-state index in [1.807, 2.05) is 62.8 Å². The summed E-state index contributed by atoms with van der Waals surface area (Å²) in [5.74, 6) is 1.48. The number of piperazine rings is 1. The summed E-state index contributed by atoms with van der Waals surface area (Å²) in [4.78, 5) is 34.2. The number of nitrogens with zero attached hydrogens (tertiary/aromatic N) is 4. The summed E-state index contributed by atoms with van der Waals surface area (Å²) < 4.78 is 7.66. The van der Waals surface area contributed by atoms with Gasteiger partial charge in [-0.3, -0.25) is 14.5 Å². The van der Waals surface area contributed by atoms with Gasteiger partial charge >= 0.3 is 0 Å². The Bertz CT molecular complexity index is 895. The summed E-state index contributed by atoms with van der Waals surface area (Å²) in [5.41, 5.74) is 1.02. The van der Waals surface area contributed by atoms with Crippen molar-refractivity contribution >= 4 is 11.8 Å². The Hall–Kier alpha value is -2.87. The fraction of sp³-hybridized carbons (Fsp3) is 0.522. The molecule has 168 valence electrons. The van der Waals surface area contributed by atoms with Crippen LogP contribution in [0.25, 0.3) is 0 Å². The average Bonchev–Trinajstić information content (AvgIpc) is 3.14. The minimum Gasteiger partial charge on any atom is -0.494 e. The van der Waals surface area contributed by atoms with Crippen molar-refractivity contribution < 1.29 is 14.3 Å². The molecule has 1 atom stereocenters. The van der Waals surface area contributed by atoms with Crippen molar-refractivity contribution in [2.75, 3.05) is 19.7 Å². The molecule has 0 radical (unpaired) electrons. The number of nitrogens with one attached hydrogen (secondary N) is 1. The standard InChI is InChI=1S/C23H33N5O3/c1-5-31-20-9-7-6-8-18(20)15-27-13-11-25-23(30)19(27)14-22(29)28(17(2)3)16-21-24-10-12-26(21)4/h6-10,12,17,19H,5,11,13-16H2,1-4H3,(H,25,30). The Labute approximate surface area is 184 Å². The van der Waals surface area contributed by atoms with Gasteiger partial charge in [0.05, 0.1) is 25.6 Å². The normalized spacial score (nSPS) is 16.9. The number of carbonyl (C=O) groups excluding carboxylic acids is 2. The van der Waals surface area contributed by atoms with Crippen LogP contribution in [0.5, 0.6) is 5.75 Å². The molecule has 2 aromatic rings. The molecule has 1 fully saturated rings. The summed E-state index contributed by atoms with van der Waals surface area (Å²) in [6, 6.07) is 7.35. The second kappa shape index (κ2) is 10.4. The maximum absolute atomic E-state index is 13.3. The minimum atomic E-state index is -0.515. The summed E-state index contributed by atoms with van der Waals surface area (Å²) in [7, 11) is 1.91. The van der Waals surface area contributed by atoms with Gasteiger partial charge in [0, 0.05) is 50.7 Å². The van der Waals surface area contributed by atoms with Gasteiger partial charge in [-0.15, -0.1) is 0 Å². The largest absolute Gasteiger partial charge is 0.494 e. The molecule has 1 aromatic carbocycles. The van der Waals surface area contributed by atoms with E-state index in [2.05, 4.69) is 15.2 Å². The minimum absolute atomic E-state index is 0.00276. The van der Waals surface area contributed by atoms with E-state index in [0.717, 1.165) is 17.1 Å². The molecule has 1 unspecified atom stereocenters. The van der Waals surface area contributed by atoms with Crippen molar-refractivity contribution in [1.82, 2.24) is 24.7 Å². The molecule has 31 heavy (non-hydrogen) atoms. The molecule has 1 aromatic heterocycles. The third kappa shape index (κ3) is 5.64. The van der Waals surface area contributed by atoms with Crippen molar-refractivity contribution in [3.8, 4) is 5.75 Å². The van der Waals surface area contributed by atoms with Gasteiger partial charge in [-0.25, -0.2) is 4.98 Å². The number of hydrogen-bond acceptors (Lipinski definition) is 5. The van der Waals surface area contributed by atoms with E-state index >= 15 is 0 Å². The number of benzene rings is 1. The van der Waals surface area contributed by atoms with E-state index in [1.54, 1.807) is 11.1 Å². The monoisotopic (exact) mass is 427 g/mol. The van der Waals surface area contributed by atoms with Crippen LogP contribution in [0.1, 0.15) is 38.6 Å². The lowest BCUT2D eigenvalue weighted by atomic mass is 10.0. The lowest BCUT2D eigenvalue weighted by Crippen LogP contribution is -2.56. The molecule has 2 heterocycles. The highest BCUT2D eigenvalue weighted by Gasteiger charge is 2.34. The zero-order chi connectivity index (χ0) is 22.4. The Balaban J connectivity index is 1.75. The second-order valence-corrected chi connectivity index (χ2v) is 8.09.